The number of para-hydroxylation sites is 1. The highest BCUT2D eigenvalue weighted by Gasteiger charge is 2.88. The predicted molar refractivity (Wildman–Crippen MR) is 175 cm³/mol. The van der Waals surface area contributed by atoms with E-state index in [4.69, 9.17) is 39.6 Å². The SMILES string of the molecule is O=C1N(c2ccc(Cl)cc2)C(=O)C23C4c5ccccc5C(c5ccccc54)C12ON(c1ccccc1)C3c1ccc(Cl)cc1Cl. The topological polar surface area (TPSA) is 49.9 Å². The molecule has 0 spiro atoms. The van der Waals surface area contributed by atoms with Gasteiger partial charge in [0.05, 0.1) is 17.3 Å². The number of rotatable bonds is 3. The van der Waals surface area contributed by atoms with E-state index < -0.39 is 34.8 Å². The number of amides is 2. The lowest BCUT2D eigenvalue weighted by Crippen LogP contribution is -2.63. The summed E-state index contributed by atoms with van der Waals surface area (Å²) in [5.74, 6) is -1.87. The molecular weight excluding hydrogens is 627 g/mol. The van der Waals surface area contributed by atoms with Crippen molar-refractivity contribution in [1.29, 1.82) is 0 Å². The molecule has 2 amide bonds. The van der Waals surface area contributed by atoms with Crippen molar-refractivity contribution in [2.24, 2.45) is 5.41 Å². The van der Waals surface area contributed by atoms with Crippen LogP contribution in [-0.2, 0) is 14.4 Å². The maximum atomic E-state index is 15.7. The fourth-order valence-corrected chi connectivity index (χ4v) is 9.19. The van der Waals surface area contributed by atoms with E-state index in [0.29, 0.717) is 32.0 Å². The Labute approximate surface area is 274 Å². The third-order valence-corrected chi connectivity index (χ3v) is 10.9. The average molecular weight is 650 g/mol. The van der Waals surface area contributed by atoms with Crippen molar-refractivity contribution in [3.8, 4) is 0 Å². The van der Waals surface area contributed by atoms with E-state index in [1.54, 1.807) is 41.5 Å². The summed E-state index contributed by atoms with van der Waals surface area (Å²) in [6.07, 6.45) is 0. The second-order valence-electron chi connectivity index (χ2n) is 12.0. The van der Waals surface area contributed by atoms with Gasteiger partial charge in [0.15, 0.2) is 0 Å². The Morgan fingerprint density at radius 3 is 1.71 bits per heavy atom. The molecule has 45 heavy (non-hydrogen) atoms. The van der Waals surface area contributed by atoms with Crippen LogP contribution in [0.5, 0.6) is 0 Å². The van der Waals surface area contributed by atoms with Gasteiger partial charge in [-0.1, -0.05) is 108 Å². The van der Waals surface area contributed by atoms with Crippen molar-refractivity contribution < 1.29 is 14.4 Å². The molecule has 2 saturated heterocycles. The molecule has 3 unspecified atom stereocenters. The van der Waals surface area contributed by atoms with Gasteiger partial charge in [-0.3, -0.25) is 14.4 Å². The standard InChI is InChI=1S/C37H23Cl3N2O3/c38-21-14-17-23(18-15-21)41-34(43)36-31-25-10-4-6-12-27(25)32(28-13-7-5-11-26(28)31)37(36,35(41)44)45-42(24-8-2-1-3-9-24)33(36)29-19-16-22(39)20-30(29)40/h1-20,31-33H. The Hall–Kier alpha value is -4.13. The van der Waals surface area contributed by atoms with Gasteiger partial charge in [0.25, 0.3) is 5.91 Å². The Kier molecular flexibility index (Phi) is 5.71. The zero-order chi connectivity index (χ0) is 30.7. The van der Waals surface area contributed by atoms with Crippen LogP contribution >= 0.6 is 34.8 Å². The summed E-state index contributed by atoms with van der Waals surface area (Å²) < 4.78 is 0. The Morgan fingerprint density at radius 1 is 0.556 bits per heavy atom. The number of halogens is 3. The van der Waals surface area contributed by atoms with Crippen molar-refractivity contribution in [1.82, 2.24) is 0 Å². The first-order chi connectivity index (χ1) is 21.9. The summed E-state index contributed by atoms with van der Waals surface area (Å²) in [7, 11) is 0. The predicted octanol–water partition coefficient (Wildman–Crippen LogP) is 8.73. The van der Waals surface area contributed by atoms with Gasteiger partial charge in [-0.05, 0) is 76.3 Å². The van der Waals surface area contributed by atoms with Crippen LogP contribution in [0.15, 0.2) is 121 Å². The monoisotopic (exact) mass is 648 g/mol. The van der Waals surface area contributed by atoms with Crippen molar-refractivity contribution in [3.05, 3.63) is 164 Å². The maximum absolute atomic E-state index is 15.7. The van der Waals surface area contributed by atoms with Crippen molar-refractivity contribution >= 4 is 58.0 Å². The molecule has 2 bridgehead atoms. The van der Waals surface area contributed by atoms with E-state index in [0.717, 1.165) is 22.3 Å². The molecule has 5 aromatic rings. The zero-order valence-corrected chi connectivity index (χ0v) is 25.8. The van der Waals surface area contributed by atoms with Crippen LogP contribution in [0, 0.1) is 5.41 Å². The van der Waals surface area contributed by atoms with Gasteiger partial charge in [-0.25, -0.2) is 9.96 Å². The van der Waals surface area contributed by atoms with Crippen LogP contribution in [-0.4, -0.2) is 17.4 Å². The minimum absolute atomic E-state index is 0.344. The zero-order valence-electron chi connectivity index (χ0n) is 23.5. The van der Waals surface area contributed by atoms with Crippen molar-refractivity contribution in [2.75, 3.05) is 9.96 Å². The first kappa shape index (κ1) is 27.2. The molecule has 0 aromatic heterocycles. The fraction of sp³-hybridized carbons (Fsp3) is 0.135. The second kappa shape index (κ2) is 9.44. The highest BCUT2D eigenvalue weighted by atomic mass is 35.5. The highest BCUT2D eigenvalue weighted by Crippen LogP contribution is 2.78. The van der Waals surface area contributed by atoms with Crippen LogP contribution in [0.4, 0.5) is 11.4 Å². The molecule has 2 heterocycles. The van der Waals surface area contributed by atoms with Crippen LogP contribution in [0.25, 0.3) is 0 Å². The van der Waals surface area contributed by atoms with E-state index in [-0.39, 0.29) is 5.91 Å². The van der Waals surface area contributed by atoms with Crippen LogP contribution in [0.2, 0.25) is 15.1 Å². The number of hydrogen-bond acceptors (Lipinski definition) is 4. The lowest BCUT2D eigenvalue weighted by Gasteiger charge is -2.55. The van der Waals surface area contributed by atoms with Crippen molar-refractivity contribution in [2.45, 2.75) is 23.5 Å². The summed E-state index contributed by atoms with van der Waals surface area (Å²) in [6.45, 7) is 0. The molecule has 3 atom stereocenters. The third-order valence-electron chi connectivity index (χ3n) is 10.1. The lowest BCUT2D eigenvalue weighted by molar-refractivity contribution is -0.153. The first-order valence-electron chi connectivity index (χ1n) is 14.7. The quantitative estimate of drug-likeness (QED) is 0.184. The fourth-order valence-electron chi connectivity index (χ4n) is 8.55. The first-order valence-corrected chi connectivity index (χ1v) is 15.8. The van der Waals surface area contributed by atoms with E-state index >= 15 is 9.59 Å². The molecule has 220 valence electrons. The molecule has 0 N–H and O–H groups in total. The Balaban J connectivity index is 1.44. The van der Waals surface area contributed by atoms with Crippen LogP contribution in [0.3, 0.4) is 0 Å². The second-order valence-corrected chi connectivity index (χ2v) is 13.3. The molecule has 2 aliphatic heterocycles. The lowest BCUT2D eigenvalue weighted by atomic mass is 9.43. The number of hydrogen-bond donors (Lipinski definition) is 0. The Bertz CT molecular complexity index is 2020. The largest absolute Gasteiger partial charge is 0.273 e. The summed E-state index contributed by atoms with van der Waals surface area (Å²) in [6, 6.07) is 37.1. The number of hydroxylamine groups is 1. The van der Waals surface area contributed by atoms with E-state index in [1.165, 1.54) is 4.90 Å². The number of imide groups is 1. The van der Waals surface area contributed by atoms with Gasteiger partial charge < -0.3 is 0 Å². The van der Waals surface area contributed by atoms with Gasteiger partial charge in [-0.15, -0.1) is 0 Å². The number of anilines is 2. The number of benzene rings is 5. The number of carbonyl (C=O) groups excluding carboxylic acids is 2. The van der Waals surface area contributed by atoms with Gasteiger partial charge >= 0.3 is 0 Å². The van der Waals surface area contributed by atoms with Gasteiger partial charge in [0, 0.05) is 21.0 Å². The highest BCUT2D eigenvalue weighted by molar-refractivity contribution is 6.35. The average Bonchev–Trinajstić information content (AvgIpc) is 3.49. The van der Waals surface area contributed by atoms with Gasteiger partial charge in [0.2, 0.25) is 11.5 Å². The summed E-state index contributed by atoms with van der Waals surface area (Å²) in [5, 5.41) is 3.11. The summed E-state index contributed by atoms with van der Waals surface area (Å²) >= 11 is 19.7. The van der Waals surface area contributed by atoms with E-state index in [9.17, 15) is 0 Å². The third kappa shape index (κ3) is 3.24. The molecule has 2 fully saturated rings. The summed E-state index contributed by atoms with van der Waals surface area (Å²) in [5.41, 5.74) is 2.66. The van der Waals surface area contributed by atoms with E-state index in [2.05, 4.69) is 24.3 Å². The van der Waals surface area contributed by atoms with E-state index in [1.807, 2.05) is 60.7 Å². The minimum atomic E-state index is -1.64. The van der Waals surface area contributed by atoms with Crippen LogP contribution < -0.4 is 9.96 Å². The normalized spacial score (nSPS) is 27.3. The molecule has 10 rings (SSSR count). The molecule has 3 aliphatic carbocycles. The maximum Gasteiger partial charge on any atom is 0.271 e. The molecule has 8 heteroatoms. The molecule has 0 saturated carbocycles. The molecule has 5 nitrogen and oxygen atoms in total. The molecule has 5 aliphatic rings. The molecule has 0 radical (unpaired) electrons. The van der Waals surface area contributed by atoms with Gasteiger partial charge in [0.1, 0.15) is 11.5 Å². The van der Waals surface area contributed by atoms with Crippen LogP contribution in [0.1, 0.15) is 45.7 Å². The minimum Gasteiger partial charge on any atom is -0.273 e. The Morgan fingerprint density at radius 2 is 1.11 bits per heavy atom. The van der Waals surface area contributed by atoms with Gasteiger partial charge in [-0.2, -0.15) is 0 Å². The number of nitrogens with zero attached hydrogens (tertiary/aromatic N) is 2. The summed E-state index contributed by atoms with van der Waals surface area (Å²) in [4.78, 5) is 39.6. The number of carbonyl (C=O) groups is 2. The molecular formula is C37H23Cl3N2O3. The smallest absolute Gasteiger partial charge is 0.271 e. The molecule has 5 aromatic carbocycles. The van der Waals surface area contributed by atoms with Crippen molar-refractivity contribution in [3.63, 3.8) is 0 Å².